The molecule has 0 bridgehead atoms. The molecule has 0 aromatic heterocycles. The van der Waals surface area contributed by atoms with E-state index in [0.717, 1.165) is 5.56 Å². The zero-order valence-corrected chi connectivity index (χ0v) is 13.8. The summed E-state index contributed by atoms with van der Waals surface area (Å²) < 4.78 is 0. The summed E-state index contributed by atoms with van der Waals surface area (Å²) >= 11 is 0. The monoisotopic (exact) mass is 339 g/mol. The Morgan fingerprint density at radius 1 is 1.16 bits per heavy atom. The molecule has 0 atom stereocenters. The van der Waals surface area contributed by atoms with E-state index in [9.17, 15) is 14.9 Å². The smallest absolute Gasteiger partial charge is 0.271 e. The largest absolute Gasteiger partial charge is 0.278 e. The summed E-state index contributed by atoms with van der Waals surface area (Å²) in [6.07, 6.45) is 1.43. The van der Waals surface area contributed by atoms with Gasteiger partial charge in [-0.2, -0.15) is 10.2 Å². The number of anilines is 1. The quantitative estimate of drug-likeness (QED) is 0.479. The molecule has 0 radical (unpaired) electrons. The maximum absolute atomic E-state index is 12.0. The van der Waals surface area contributed by atoms with Crippen LogP contribution in [-0.4, -0.2) is 22.8 Å². The molecule has 0 saturated heterocycles. The first-order chi connectivity index (χ1) is 12.0. The SMILES string of the molecule is CC(/C=N/Nc1ccc([N+](=O)[O-])cc1)=N\NC(=O)c1ccccc1C. The van der Waals surface area contributed by atoms with Crippen molar-refractivity contribution < 1.29 is 9.72 Å². The standard InChI is InChI=1S/C17H17N5O3/c1-12-5-3-4-6-16(12)17(23)21-19-13(2)11-18-20-14-7-9-15(10-8-14)22(24)25/h3-11,20H,1-2H3,(H,21,23)/b18-11+,19-13+. The van der Waals surface area contributed by atoms with Gasteiger partial charge >= 0.3 is 0 Å². The van der Waals surface area contributed by atoms with Gasteiger partial charge in [-0.05, 0) is 37.6 Å². The van der Waals surface area contributed by atoms with E-state index in [0.29, 0.717) is 17.0 Å². The Kier molecular flexibility index (Phi) is 5.94. The third-order valence-electron chi connectivity index (χ3n) is 3.25. The number of nitrogens with one attached hydrogen (secondary N) is 2. The molecule has 0 unspecified atom stereocenters. The summed E-state index contributed by atoms with van der Waals surface area (Å²) in [4.78, 5) is 22.1. The number of nitrogens with zero attached hydrogens (tertiary/aromatic N) is 3. The lowest BCUT2D eigenvalue weighted by Gasteiger charge is -2.03. The van der Waals surface area contributed by atoms with E-state index in [1.165, 1.54) is 18.3 Å². The molecule has 0 spiro atoms. The molecule has 128 valence electrons. The van der Waals surface area contributed by atoms with Crippen molar-refractivity contribution in [3.8, 4) is 0 Å². The van der Waals surface area contributed by atoms with E-state index >= 15 is 0 Å². The zero-order chi connectivity index (χ0) is 18.2. The number of rotatable bonds is 6. The topological polar surface area (TPSA) is 109 Å². The van der Waals surface area contributed by atoms with Crippen LogP contribution in [0.4, 0.5) is 11.4 Å². The van der Waals surface area contributed by atoms with Crippen LogP contribution in [0, 0.1) is 17.0 Å². The van der Waals surface area contributed by atoms with Crippen molar-refractivity contribution in [2.75, 3.05) is 5.43 Å². The van der Waals surface area contributed by atoms with Crippen LogP contribution in [0.25, 0.3) is 0 Å². The van der Waals surface area contributed by atoms with Gasteiger partial charge in [0.1, 0.15) is 0 Å². The van der Waals surface area contributed by atoms with Crippen molar-refractivity contribution in [1.82, 2.24) is 5.43 Å². The molecule has 2 rings (SSSR count). The minimum atomic E-state index is -0.471. The molecule has 8 heteroatoms. The summed E-state index contributed by atoms with van der Waals surface area (Å²) in [5.74, 6) is -0.297. The molecule has 8 nitrogen and oxygen atoms in total. The maximum Gasteiger partial charge on any atom is 0.271 e. The second kappa shape index (κ2) is 8.34. The number of non-ortho nitro benzene ring substituents is 1. The highest BCUT2D eigenvalue weighted by atomic mass is 16.6. The zero-order valence-electron chi connectivity index (χ0n) is 13.8. The summed E-state index contributed by atoms with van der Waals surface area (Å²) in [5.41, 5.74) is 7.69. The fourth-order valence-electron chi connectivity index (χ4n) is 1.91. The van der Waals surface area contributed by atoms with E-state index in [4.69, 9.17) is 0 Å². The summed E-state index contributed by atoms with van der Waals surface area (Å²) in [5, 5.41) is 18.5. The van der Waals surface area contributed by atoms with Crippen LogP contribution in [0.3, 0.4) is 0 Å². The average Bonchev–Trinajstić information content (AvgIpc) is 2.60. The number of hydrazone groups is 2. The van der Waals surface area contributed by atoms with E-state index in [1.54, 1.807) is 31.2 Å². The Bertz CT molecular complexity index is 828. The van der Waals surface area contributed by atoms with Crippen molar-refractivity contribution in [2.24, 2.45) is 10.2 Å². The van der Waals surface area contributed by atoms with E-state index in [-0.39, 0.29) is 11.6 Å². The van der Waals surface area contributed by atoms with Gasteiger partial charge in [0.05, 0.1) is 22.5 Å². The van der Waals surface area contributed by atoms with Gasteiger partial charge in [0, 0.05) is 17.7 Å². The van der Waals surface area contributed by atoms with Gasteiger partial charge in [-0.15, -0.1) is 0 Å². The van der Waals surface area contributed by atoms with Gasteiger partial charge in [0.15, 0.2) is 0 Å². The Labute approximate surface area is 144 Å². The molecule has 25 heavy (non-hydrogen) atoms. The predicted octanol–water partition coefficient (Wildman–Crippen LogP) is 3.11. The highest BCUT2D eigenvalue weighted by Crippen LogP contribution is 2.15. The number of hydrogen-bond donors (Lipinski definition) is 2. The van der Waals surface area contributed by atoms with Crippen molar-refractivity contribution in [2.45, 2.75) is 13.8 Å². The third-order valence-corrected chi connectivity index (χ3v) is 3.25. The van der Waals surface area contributed by atoms with Crippen LogP contribution in [0.5, 0.6) is 0 Å². The molecule has 0 fully saturated rings. The van der Waals surface area contributed by atoms with Crippen LogP contribution in [0.15, 0.2) is 58.7 Å². The number of benzene rings is 2. The highest BCUT2D eigenvalue weighted by molar-refractivity contribution is 6.29. The molecule has 0 aliphatic heterocycles. The molecule has 0 aliphatic carbocycles. The fraction of sp³-hybridized carbons (Fsp3) is 0.118. The van der Waals surface area contributed by atoms with Crippen LogP contribution in [0.2, 0.25) is 0 Å². The number of amides is 1. The second-order valence-corrected chi connectivity index (χ2v) is 5.18. The molecule has 1 amide bonds. The summed E-state index contributed by atoms with van der Waals surface area (Å²) in [6, 6.07) is 13.1. The van der Waals surface area contributed by atoms with Gasteiger partial charge in [-0.25, -0.2) is 5.43 Å². The lowest BCUT2D eigenvalue weighted by atomic mass is 10.1. The first-order valence-electron chi connectivity index (χ1n) is 7.41. The number of carbonyl (C=O) groups is 1. The third kappa shape index (κ3) is 5.24. The lowest BCUT2D eigenvalue weighted by molar-refractivity contribution is -0.384. The minimum absolute atomic E-state index is 0.00573. The predicted molar refractivity (Wildman–Crippen MR) is 97.0 cm³/mol. The summed E-state index contributed by atoms with van der Waals surface area (Å²) in [6.45, 7) is 3.53. The van der Waals surface area contributed by atoms with Crippen molar-refractivity contribution in [3.63, 3.8) is 0 Å². The second-order valence-electron chi connectivity index (χ2n) is 5.18. The molecular weight excluding hydrogens is 322 g/mol. The number of hydrogen-bond acceptors (Lipinski definition) is 6. The summed E-state index contributed by atoms with van der Waals surface area (Å²) in [7, 11) is 0. The van der Waals surface area contributed by atoms with E-state index in [2.05, 4.69) is 21.1 Å². The van der Waals surface area contributed by atoms with Crippen molar-refractivity contribution in [3.05, 3.63) is 69.8 Å². The molecule has 2 N–H and O–H groups in total. The lowest BCUT2D eigenvalue weighted by Crippen LogP contribution is -2.20. The number of nitro groups is 1. The van der Waals surface area contributed by atoms with Crippen molar-refractivity contribution >= 4 is 29.2 Å². The van der Waals surface area contributed by atoms with Gasteiger partial charge in [0.25, 0.3) is 11.6 Å². The van der Waals surface area contributed by atoms with Gasteiger partial charge in [-0.3, -0.25) is 20.3 Å². The van der Waals surface area contributed by atoms with Crippen LogP contribution in [-0.2, 0) is 0 Å². The first-order valence-corrected chi connectivity index (χ1v) is 7.41. The number of carbonyl (C=O) groups excluding carboxylic acids is 1. The van der Waals surface area contributed by atoms with E-state index in [1.807, 2.05) is 19.1 Å². The van der Waals surface area contributed by atoms with Crippen molar-refractivity contribution in [1.29, 1.82) is 0 Å². The number of aryl methyl sites for hydroxylation is 1. The molecule has 2 aromatic carbocycles. The fourth-order valence-corrected chi connectivity index (χ4v) is 1.91. The normalized spacial score (nSPS) is 11.4. The Hall–Kier alpha value is -3.55. The van der Waals surface area contributed by atoms with Gasteiger partial charge < -0.3 is 0 Å². The molecule has 0 aliphatic rings. The Morgan fingerprint density at radius 2 is 1.84 bits per heavy atom. The maximum atomic E-state index is 12.0. The first kappa shape index (κ1) is 17.8. The molecule has 0 saturated carbocycles. The van der Waals surface area contributed by atoms with Gasteiger partial charge in [0.2, 0.25) is 0 Å². The Balaban J connectivity index is 1.90. The number of nitro benzene ring substituents is 1. The molecule has 2 aromatic rings. The van der Waals surface area contributed by atoms with Crippen LogP contribution >= 0.6 is 0 Å². The van der Waals surface area contributed by atoms with Crippen LogP contribution in [0.1, 0.15) is 22.8 Å². The van der Waals surface area contributed by atoms with Crippen LogP contribution < -0.4 is 10.9 Å². The highest BCUT2D eigenvalue weighted by Gasteiger charge is 2.06. The molecule has 0 heterocycles. The average molecular weight is 339 g/mol. The van der Waals surface area contributed by atoms with E-state index < -0.39 is 4.92 Å². The van der Waals surface area contributed by atoms with Gasteiger partial charge in [-0.1, -0.05) is 18.2 Å². The Morgan fingerprint density at radius 3 is 2.48 bits per heavy atom. The minimum Gasteiger partial charge on any atom is -0.278 e. The molecular formula is C17H17N5O3.